The molecule has 1 heterocycles. The molecule has 0 radical (unpaired) electrons. The second kappa shape index (κ2) is 4.82. The third-order valence-corrected chi connectivity index (χ3v) is 3.23. The molecular formula is C14H19N3O. The number of nitrogens with two attached hydrogens (primary N) is 1. The van der Waals surface area contributed by atoms with Crippen LogP contribution in [0.5, 0.6) is 0 Å². The van der Waals surface area contributed by atoms with Gasteiger partial charge in [-0.3, -0.25) is 4.79 Å². The first-order chi connectivity index (χ1) is 8.54. The summed E-state index contributed by atoms with van der Waals surface area (Å²) in [6, 6.07) is 8.17. The van der Waals surface area contributed by atoms with E-state index in [1.54, 1.807) is 0 Å². The highest BCUT2D eigenvalue weighted by molar-refractivity contribution is 5.84. The van der Waals surface area contributed by atoms with Crippen molar-refractivity contribution >= 4 is 16.8 Å². The number of aromatic amines is 1. The zero-order valence-electron chi connectivity index (χ0n) is 10.8. The molecule has 0 atom stereocenters. The summed E-state index contributed by atoms with van der Waals surface area (Å²) in [6.45, 7) is 4.83. The van der Waals surface area contributed by atoms with Crippen LogP contribution in [0.2, 0.25) is 0 Å². The Morgan fingerprint density at radius 1 is 1.39 bits per heavy atom. The highest BCUT2D eigenvalue weighted by Gasteiger charge is 2.24. The number of hydrogen-bond donors (Lipinski definition) is 3. The molecule has 1 amide bonds. The number of hydrogen-bond acceptors (Lipinski definition) is 2. The van der Waals surface area contributed by atoms with Crippen LogP contribution in [-0.2, 0) is 10.2 Å². The molecule has 0 aliphatic heterocycles. The maximum atomic E-state index is 11.2. The Bertz CT molecular complexity index is 557. The van der Waals surface area contributed by atoms with Gasteiger partial charge >= 0.3 is 0 Å². The number of H-pyrrole nitrogens is 1. The van der Waals surface area contributed by atoms with Crippen LogP contribution in [0.25, 0.3) is 10.9 Å². The van der Waals surface area contributed by atoms with Crippen molar-refractivity contribution in [3.8, 4) is 0 Å². The lowest BCUT2D eigenvalue weighted by atomic mass is 9.84. The van der Waals surface area contributed by atoms with Crippen molar-refractivity contribution in [3.63, 3.8) is 0 Å². The van der Waals surface area contributed by atoms with Gasteiger partial charge in [0.25, 0.3) is 0 Å². The fraction of sp³-hybridized carbons (Fsp3) is 0.357. The van der Waals surface area contributed by atoms with Gasteiger partial charge < -0.3 is 16.0 Å². The maximum absolute atomic E-state index is 11.2. The minimum absolute atomic E-state index is 0.0317. The summed E-state index contributed by atoms with van der Waals surface area (Å²) in [7, 11) is 0. The molecular weight excluding hydrogens is 226 g/mol. The third-order valence-electron chi connectivity index (χ3n) is 3.23. The minimum atomic E-state index is -0.134. The first-order valence-electron chi connectivity index (χ1n) is 6.08. The zero-order chi connectivity index (χ0) is 13.2. The van der Waals surface area contributed by atoms with E-state index in [9.17, 15) is 4.79 Å². The quantitative estimate of drug-likeness (QED) is 0.764. The second-order valence-electron chi connectivity index (χ2n) is 5.11. The summed E-state index contributed by atoms with van der Waals surface area (Å²) >= 11 is 0. The van der Waals surface area contributed by atoms with Crippen LogP contribution >= 0.6 is 0 Å². The zero-order valence-corrected chi connectivity index (χ0v) is 10.8. The van der Waals surface area contributed by atoms with Crippen LogP contribution in [0.3, 0.4) is 0 Å². The summed E-state index contributed by atoms with van der Waals surface area (Å²) in [5, 5.41) is 4.05. The number of carbonyl (C=O) groups excluding carboxylic acids is 1. The molecule has 1 aromatic carbocycles. The fourth-order valence-corrected chi connectivity index (χ4v) is 2.12. The number of nitrogens with one attached hydrogen (secondary N) is 2. The van der Waals surface area contributed by atoms with E-state index < -0.39 is 0 Å². The number of benzene rings is 1. The van der Waals surface area contributed by atoms with Gasteiger partial charge in [0.1, 0.15) is 0 Å². The summed E-state index contributed by atoms with van der Waals surface area (Å²) in [6.07, 6.45) is 2.01. The summed E-state index contributed by atoms with van der Waals surface area (Å²) in [4.78, 5) is 14.5. The number of rotatable bonds is 4. The molecule has 0 aliphatic carbocycles. The Labute approximate surface area is 107 Å². The van der Waals surface area contributed by atoms with Crippen molar-refractivity contribution in [2.75, 3.05) is 13.1 Å². The van der Waals surface area contributed by atoms with Gasteiger partial charge in [-0.05, 0) is 11.6 Å². The van der Waals surface area contributed by atoms with Crippen molar-refractivity contribution in [2.45, 2.75) is 19.3 Å². The first-order valence-corrected chi connectivity index (χ1v) is 6.08. The topological polar surface area (TPSA) is 70.9 Å². The van der Waals surface area contributed by atoms with E-state index in [2.05, 4.69) is 30.2 Å². The number of carbonyl (C=O) groups is 1. The normalized spacial score (nSPS) is 11.7. The van der Waals surface area contributed by atoms with Crippen molar-refractivity contribution in [1.82, 2.24) is 10.3 Å². The van der Waals surface area contributed by atoms with E-state index in [1.165, 1.54) is 10.9 Å². The van der Waals surface area contributed by atoms with Gasteiger partial charge in [0.15, 0.2) is 0 Å². The highest BCUT2D eigenvalue weighted by Crippen LogP contribution is 2.29. The average Bonchev–Trinajstić information content (AvgIpc) is 2.80. The Balaban J connectivity index is 2.26. The molecule has 4 nitrogen and oxygen atoms in total. The molecule has 4 heteroatoms. The standard InChI is InChI=1S/C14H19N3O/c1-14(2,9-17-13(18)7-15)11-8-16-12-6-4-3-5-10(11)12/h3-6,8,16H,7,9,15H2,1-2H3,(H,17,18). The van der Waals surface area contributed by atoms with Gasteiger partial charge in [-0.2, -0.15) is 0 Å². The van der Waals surface area contributed by atoms with Crippen LogP contribution in [0.1, 0.15) is 19.4 Å². The van der Waals surface area contributed by atoms with E-state index in [0.29, 0.717) is 6.54 Å². The molecule has 18 heavy (non-hydrogen) atoms. The molecule has 0 saturated heterocycles. The molecule has 1 aromatic heterocycles. The van der Waals surface area contributed by atoms with E-state index in [1.807, 2.05) is 24.4 Å². The Hall–Kier alpha value is -1.81. The predicted octanol–water partition coefficient (Wildman–Crippen LogP) is 1.52. The lowest BCUT2D eigenvalue weighted by Crippen LogP contribution is -2.39. The van der Waals surface area contributed by atoms with Crippen LogP contribution in [0, 0.1) is 0 Å². The summed E-state index contributed by atoms with van der Waals surface area (Å²) < 4.78 is 0. The number of aromatic nitrogens is 1. The average molecular weight is 245 g/mol. The third kappa shape index (κ3) is 2.38. The smallest absolute Gasteiger partial charge is 0.233 e. The highest BCUT2D eigenvalue weighted by atomic mass is 16.1. The molecule has 0 saturated carbocycles. The summed E-state index contributed by atoms with van der Waals surface area (Å²) in [5.41, 5.74) is 7.48. The maximum Gasteiger partial charge on any atom is 0.233 e. The SMILES string of the molecule is CC(C)(CNC(=O)CN)c1c[nH]c2ccccc12. The molecule has 96 valence electrons. The van der Waals surface area contributed by atoms with Crippen molar-refractivity contribution in [3.05, 3.63) is 36.0 Å². The summed E-state index contributed by atoms with van der Waals surface area (Å²) in [5.74, 6) is -0.122. The van der Waals surface area contributed by atoms with Crippen molar-refractivity contribution in [1.29, 1.82) is 0 Å². The molecule has 2 aromatic rings. The molecule has 0 aliphatic rings. The van der Waals surface area contributed by atoms with Gasteiger partial charge in [0, 0.05) is 29.1 Å². The monoisotopic (exact) mass is 245 g/mol. The first kappa shape index (κ1) is 12.6. The van der Waals surface area contributed by atoms with Crippen LogP contribution in [0.15, 0.2) is 30.5 Å². The Morgan fingerprint density at radius 2 is 2.11 bits per heavy atom. The lowest BCUT2D eigenvalue weighted by Gasteiger charge is -2.24. The lowest BCUT2D eigenvalue weighted by molar-refractivity contribution is -0.119. The van der Waals surface area contributed by atoms with Gasteiger partial charge in [-0.1, -0.05) is 32.0 Å². The number of fused-ring (bicyclic) bond motifs is 1. The van der Waals surface area contributed by atoms with Crippen LogP contribution in [0.4, 0.5) is 0 Å². The van der Waals surface area contributed by atoms with E-state index >= 15 is 0 Å². The van der Waals surface area contributed by atoms with Gasteiger partial charge in [-0.15, -0.1) is 0 Å². The molecule has 0 fully saturated rings. The molecule has 0 spiro atoms. The Kier molecular flexibility index (Phi) is 3.39. The Morgan fingerprint density at radius 3 is 2.83 bits per heavy atom. The van der Waals surface area contributed by atoms with E-state index in [0.717, 1.165) is 5.52 Å². The van der Waals surface area contributed by atoms with Gasteiger partial charge in [-0.25, -0.2) is 0 Å². The second-order valence-corrected chi connectivity index (χ2v) is 5.11. The molecule has 0 unspecified atom stereocenters. The molecule has 2 rings (SSSR count). The minimum Gasteiger partial charge on any atom is -0.361 e. The van der Waals surface area contributed by atoms with E-state index in [-0.39, 0.29) is 17.9 Å². The largest absolute Gasteiger partial charge is 0.361 e. The number of amides is 1. The fourth-order valence-electron chi connectivity index (χ4n) is 2.12. The van der Waals surface area contributed by atoms with E-state index in [4.69, 9.17) is 5.73 Å². The molecule has 4 N–H and O–H groups in total. The molecule has 0 bridgehead atoms. The van der Waals surface area contributed by atoms with Crippen molar-refractivity contribution < 1.29 is 4.79 Å². The van der Waals surface area contributed by atoms with Crippen LogP contribution in [-0.4, -0.2) is 24.0 Å². The van der Waals surface area contributed by atoms with Gasteiger partial charge in [0.05, 0.1) is 6.54 Å². The van der Waals surface area contributed by atoms with Crippen molar-refractivity contribution in [2.24, 2.45) is 5.73 Å². The van der Waals surface area contributed by atoms with Gasteiger partial charge in [0.2, 0.25) is 5.91 Å². The van der Waals surface area contributed by atoms with Crippen LogP contribution < -0.4 is 11.1 Å². The number of para-hydroxylation sites is 1. The predicted molar refractivity (Wildman–Crippen MR) is 73.4 cm³/mol.